The topological polar surface area (TPSA) is 87.7 Å². The number of ether oxygens (including phenoxy) is 1. The maximum atomic E-state index is 12.8. The predicted octanol–water partition coefficient (Wildman–Crippen LogP) is 2.23. The summed E-state index contributed by atoms with van der Waals surface area (Å²) in [5.74, 6) is -1.29. The minimum absolute atomic E-state index is 0.0281. The Bertz CT molecular complexity index is 636. The number of halogens is 3. The molecule has 28 heavy (non-hydrogen) atoms. The van der Waals surface area contributed by atoms with Crippen LogP contribution in [0.5, 0.6) is 0 Å². The number of likely N-dealkylation sites (tertiary alicyclic amines) is 1. The fourth-order valence-electron chi connectivity index (χ4n) is 4.14. The molecule has 11 heteroatoms. The first-order valence-electron chi connectivity index (χ1n) is 9.64. The molecule has 0 radical (unpaired) electrons. The van der Waals surface area contributed by atoms with Crippen LogP contribution in [0.2, 0.25) is 0 Å². The molecule has 3 atom stereocenters. The summed E-state index contributed by atoms with van der Waals surface area (Å²) in [5, 5.41) is 2.72. The molecule has 2 amide bonds. The molecule has 1 aliphatic heterocycles. The average Bonchev–Trinajstić information content (AvgIpc) is 2.86. The van der Waals surface area contributed by atoms with E-state index in [1.165, 1.54) is 0 Å². The van der Waals surface area contributed by atoms with Crippen molar-refractivity contribution in [2.45, 2.75) is 76.4 Å². The van der Waals surface area contributed by atoms with Crippen molar-refractivity contribution in [2.75, 3.05) is 19.4 Å². The number of nitrogens with zero attached hydrogens (tertiary/aromatic N) is 1. The Morgan fingerprint density at radius 2 is 1.82 bits per heavy atom. The molecule has 2 N–H and O–H groups in total. The van der Waals surface area contributed by atoms with Gasteiger partial charge in [0.05, 0.1) is 30.9 Å². The predicted molar refractivity (Wildman–Crippen MR) is 98.3 cm³/mol. The summed E-state index contributed by atoms with van der Waals surface area (Å²) in [5.41, 5.74) is 0. The zero-order valence-corrected chi connectivity index (χ0v) is 17.3. The molecule has 1 heterocycles. The van der Waals surface area contributed by atoms with Crippen LogP contribution in [0, 0.1) is 5.92 Å². The lowest BCUT2D eigenvalue weighted by atomic mass is 9.87. The van der Waals surface area contributed by atoms with Crippen LogP contribution in [0.3, 0.4) is 0 Å². The monoisotopic (exact) mass is 429 g/mol. The van der Waals surface area contributed by atoms with Gasteiger partial charge in [-0.05, 0) is 46.0 Å². The third kappa shape index (κ3) is 6.21. The summed E-state index contributed by atoms with van der Waals surface area (Å²) in [4.78, 5) is 14.0. The summed E-state index contributed by atoms with van der Waals surface area (Å²) >= 11 is 0. The molecule has 7 nitrogen and oxygen atoms in total. The number of carbonyl (C=O) groups excluding carboxylic acids is 1. The van der Waals surface area contributed by atoms with E-state index in [0.29, 0.717) is 25.8 Å². The third-order valence-corrected chi connectivity index (χ3v) is 6.19. The van der Waals surface area contributed by atoms with Crippen molar-refractivity contribution < 1.29 is 31.1 Å². The Morgan fingerprint density at radius 1 is 1.21 bits per heavy atom. The summed E-state index contributed by atoms with van der Waals surface area (Å²) in [7, 11) is -3.48. The minimum Gasteiger partial charge on any atom is -0.376 e. The molecule has 2 rings (SSSR count). The van der Waals surface area contributed by atoms with Gasteiger partial charge in [0.25, 0.3) is 0 Å². The van der Waals surface area contributed by atoms with Crippen LogP contribution >= 0.6 is 0 Å². The molecule has 1 saturated heterocycles. The maximum Gasteiger partial charge on any atom is 0.391 e. The maximum absolute atomic E-state index is 12.8. The molecule has 0 bridgehead atoms. The quantitative estimate of drug-likeness (QED) is 0.678. The number of sulfonamides is 1. The van der Waals surface area contributed by atoms with E-state index in [4.69, 9.17) is 4.74 Å². The van der Waals surface area contributed by atoms with Crippen molar-refractivity contribution >= 4 is 16.1 Å². The fraction of sp³-hybridized carbons (Fsp3) is 0.941. The van der Waals surface area contributed by atoms with Gasteiger partial charge in [-0.15, -0.1) is 0 Å². The van der Waals surface area contributed by atoms with Crippen LogP contribution in [0.1, 0.15) is 46.0 Å². The molecule has 3 unspecified atom stereocenters. The highest BCUT2D eigenvalue weighted by molar-refractivity contribution is 7.88. The second-order valence-electron chi connectivity index (χ2n) is 7.74. The summed E-state index contributed by atoms with van der Waals surface area (Å²) in [6.07, 6.45) is -2.33. The number of nitrogens with one attached hydrogen (secondary N) is 2. The number of hydrogen-bond acceptors (Lipinski definition) is 4. The molecule has 1 aliphatic carbocycles. The Labute approximate surface area is 164 Å². The van der Waals surface area contributed by atoms with Crippen molar-refractivity contribution in [2.24, 2.45) is 5.92 Å². The molecule has 2 aliphatic rings. The molecule has 1 saturated carbocycles. The molecular weight excluding hydrogens is 399 g/mol. The molecular formula is C17H30F3N3O4S. The zero-order valence-electron chi connectivity index (χ0n) is 16.5. The van der Waals surface area contributed by atoms with Crippen LogP contribution < -0.4 is 10.0 Å². The number of urea groups is 1. The van der Waals surface area contributed by atoms with Crippen molar-refractivity contribution in [1.29, 1.82) is 0 Å². The normalized spacial score (nSPS) is 31.8. The number of amides is 2. The highest BCUT2D eigenvalue weighted by Gasteiger charge is 2.44. The lowest BCUT2D eigenvalue weighted by Crippen LogP contribution is -2.53. The van der Waals surface area contributed by atoms with Crippen LogP contribution in [-0.4, -0.2) is 69.2 Å². The Morgan fingerprint density at radius 3 is 2.32 bits per heavy atom. The van der Waals surface area contributed by atoms with Gasteiger partial charge < -0.3 is 15.0 Å². The standard InChI is InChI=1S/C17H30F3N3O4S/c1-4-21-16(24)23-11(2)9-14(22-28(3,25)26)15(23)10-27-13-7-5-12(6-8-13)17(18,19)20/h11-15,22H,4-10H2,1-3H3,(H,21,24). The van der Waals surface area contributed by atoms with Crippen LogP contribution in [0.4, 0.5) is 18.0 Å². The number of hydrogen-bond donors (Lipinski definition) is 2. The van der Waals surface area contributed by atoms with Gasteiger partial charge in [0, 0.05) is 18.6 Å². The molecule has 2 fully saturated rings. The lowest BCUT2D eigenvalue weighted by Gasteiger charge is -2.34. The van der Waals surface area contributed by atoms with E-state index < -0.39 is 34.2 Å². The lowest BCUT2D eigenvalue weighted by molar-refractivity contribution is -0.188. The Balaban J connectivity index is 2.02. The number of carbonyl (C=O) groups is 1. The van der Waals surface area contributed by atoms with Crippen LogP contribution in [0.25, 0.3) is 0 Å². The van der Waals surface area contributed by atoms with E-state index in [1.54, 1.807) is 11.8 Å². The first-order valence-corrected chi connectivity index (χ1v) is 11.5. The number of rotatable bonds is 6. The van der Waals surface area contributed by atoms with Gasteiger partial charge in [0.15, 0.2) is 0 Å². The summed E-state index contributed by atoms with van der Waals surface area (Å²) in [6, 6.07) is -1.52. The second kappa shape index (κ2) is 9.17. The van der Waals surface area contributed by atoms with Gasteiger partial charge in [-0.1, -0.05) is 0 Å². The van der Waals surface area contributed by atoms with Gasteiger partial charge in [-0.25, -0.2) is 17.9 Å². The summed E-state index contributed by atoms with van der Waals surface area (Å²) < 4.78 is 70.2. The van der Waals surface area contributed by atoms with Gasteiger partial charge in [-0.3, -0.25) is 0 Å². The van der Waals surface area contributed by atoms with E-state index in [0.717, 1.165) is 6.26 Å². The van der Waals surface area contributed by atoms with E-state index in [2.05, 4.69) is 10.0 Å². The van der Waals surface area contributed by atoms with Crippen molar-refractivity contribution in [1.82, 2.24) is 14.9 Å². The van der Waals surface area contributed by atoms with E-state index in [1.807, 2.05) is 6.92 Å². The molecule has 0 aromatic rings. The minimum atomic E-state index is -4.18. The van der Waals surface area contributed by atoms with E-state index >= 15 is 0 Å². The average molecular weight is 430 g/mol. The molecule has 0 aromatic carbocycles. The highest BCUT2D eigenvalue weighted by atomic mass is 32.2. The zero-order chi connectivity index (χ0) is 21.1. The van der Waals surface area contributed by atoms with E-state index in [9.17, 15) is 26.4 Å². The van der Waals surface area contributed by atoms with Gasteiger partial charge in [0.2, 0.25) is 10.0 Å². The molecule has 164 valence electrons. The highest BCUT2D eigenvalue weighted by Crippen LogP contribution is 2.38. The summed E-state index contributed by atoms with van der Waals surface area (Å²) in [6.45, 7) is 4.13. The van der Waals surface area contributed by atoms with Crippen LogP contribution in [0.15, 0.2) is 0 Å². The third-order valence-electron chi connectivity index (χ3n) is 5.46. The molecule has 0 spiro atoms. The SMILES string of the molecule is CCNC(=O)N1C(C)CC(NS(C)(=O)=O)C1COC1CCC(C(F)(F)F)CC1. The van der Waals surface area contributed by atoms with E-state index in [-0.39, 0.29) is 37.6 Å². The van der Waals surface area contributed by atoms with Gasteiger partial charge in [0.1, 0.15) is 0 Å². The van der Waals surface area contributed by atoms with Crippen LogP contribution in [-0.2, 0) is 14.8 Å². The fourth-order valence-corrected chi connectivity index (χ4v) is 4.94. The van der Waals surface area contributed by atoms with Gasteiger partial charge >= 0.3 is 12.2 Å². The first kappa shape index (κ1) is 23.2. The molecule has 0 aromatic heterocycles. The Kier molecular flexibility index (Phi) is 7.60. The van der Waals surface area contributed by atoms with Crippen molar-refractivity contribution in [3.63, 3.8) is 0 Å². The van der Waals surface area contributed by atoms with Gasteiger partial charge in [-0.2, -0.15) is 13.2 Å². The largest absolute Gasteiger partial charge is 0.391 e. The Hall–Kier alpha value is -1.07. The van der Waals surface area contributed by atoms with Crippen molar-refractivity contribution in [3.8, 4) is 0 Å². The second-order valence-corrected chi connectivity index (χ2v) is 9.52. The number of alkyl halides is 3. The van der Waals surface area contributed by atoms with Crippen molar-refractivity contribution in [3.05, 3.63) is 0 Å². The first-order chi connectivity index (χ1) is 12.9. The smallest absolute Gasteiger partial charge is 0.376 e.